The second kappa shape index (κ2) is 12.6. The summed E-state index contributed by atoms with van der Waals surface area (Å²) >= 11 is 1.64. The highest BCUT2D eigenvalue weighted by Gasteiger charge is 2.12. The minimum atomic E-state index is -0.562. The Labute approximate surface area is 189 Å². The largest absolute Gasteiger partial charge is 0.386 e. The number of aliphatic hydroxyl groups excluding tert-OH is 1. The van der Waals surface area contributed by atoms with Crippen LogP contribution in [0.1, 0.15) is 43.6 Å². The molecule has 0 aliphatic carbocycles. The van der Waals surface area contributed by atoms with Gasteiger partial charge in [0.05, 0.1) is 6.54 Å². The molecule has 1 atom stereocenters. The minimum Gasteiger partial charge on any atom is -0.386 e. The van der Waals surface area contributed by atoms with Crippen molar-refractivity contribution in [3.8, 4) is 0 Å². The summed E-state index contributed by atoms with van der Waals surface area (Å²) < 4.78 is 1.21. The molecule has 156 valence electrons. The topological polar surface area (TPSA) is 59.9 Å². The SMILES string of the molecule is CCNC(=NCC(O)c1cc2ccccc2s1)NCCCCN1CCCC1.I. The maximum Gasteiger partial charge on any atom is 0.191 e. The first-order valence-corrected chi connectivity index (χ1v) is 11.0. The summed E-state index contributed by atoms with van der Waals surface area (Å²) in [6.45, 7) is 7.92. The minimum absolute atomic E-state index is 0. The molecule has 1 aliphatic heterocycles. The molecular formula is C21H33IN4OS. The third-order valence-corrected chi connectivity index (χ3v) is 6.15. The standard InChI is InChI=1S/C21H32N4OS.HI/c1-2-22-21(23-11-5-6-12-25-13-7-8-14-25)24-16-18(26)20-15-17-9-3-4-10-19(17)27-20;/h3-4,9-10,15,18,26H,2,5-8,11-14,16H2,1H3,(H2,22,23,24);1H. The van der Waals surface area contributed by atoms with Gasteiger partial charge in [-0.3, -0.25) is 4.99 Å². The Morgan fingerprint density at radius 1 is 1.21 bits per heavy atom. The molecule has 2 heterocycles. The van der Waals surface area contributed by atoms with E-state index in [2.05, 4.69) is 45.6 Å². The molecule has 3 N–H and O–H groups in total. The van der Waals surface area contributed by atoms with Gasteiger partial charge in [0, 0.05) is 22.7 Å². The highest BCUT2D eigenvalue weighted by Crippen LogP contribution is 2.29. The van der Waals surface area contributed by atoms with Crippen LogP contribution in [-0.2, 0) is 0 Å². The second-order valence-electron chi connectivity index (χ2n) is 7.10. The van der Waals surface area contributed by atoms with Gasteiger partial charge >= 0.3 is 0 Å². The highest BCUT2D eigenvalue weighted by molar-refractivity contribution is 14.0. The summed E-state index contributed by atoms with van der Waals surface area (Å²) in [5.41, 5.74) is 0. The Kier molecular flexibility index (Phi) is 10.5. The van der Waals surface area contributed by atoms with Crippen molar-refractivity contribution in [1.29, 1.82) is 0 Å². The van der Waals surface area contributed by atoms with Crippen LogP contribution in [0.2, 0.25) is 0 Å². The summed E-state index contributed by atoms with van der Waals surface area (Å²) in [7, 11) is 0. The molecule has 1 unspecified atom stereocenters. The van der Waals surface area contributed by atoms with E-state index in [0.29, 0.717) is 6.54 Å². The highest BCUT2D eigenvalue weighted by atomic mass is 127. The normalized spacial score (nSPS) is 16.1. The Hall–Kier alpha value is -0.900. The number of unbranched alkanes of at least 4 members (excludes halogenated alkanes) is 1. The number of guanidine groups is 1. The first-order chi connectivity index (χ1) is 13.3. The monoisotopic (exact) mass is 516 g/mol. The summed E-state index contributed by atoms with van der Waals surface area (Å²) in [6.07, 6.45) is 4.51. The van der Waals surface area contributed by atoms with Crippen molar-refractivity contribution < 1.29 is 5.11 Å². The van der Waals surface area contributed by atoms with Crippen molar-refractivity contribution in [3.05, 3.63) is 35.2 Å². The molecule has 0 spiro atoms. The Bertz CT molecular complexity index is 697. The molecule has 0 radical (unpaired) electrons. The van der Waals surface area contributed by atoms with Crippen molar-refractivity contribution >= 4 is 51.4 Å². The molecule has 0 saturated carbocycles. The van der Waals surface area contributed by atoms with Crippen LogP contribution in [0.15, 0.2) is 35.3 Å². The zero-order valence-electron chi connectivity index (χ0n) is 16.7. The lowest BCUT2D eigenvalue weighted by atomic mass is 10.2. The maximum atomic E-state index is 10.5. The van der Waals surface area contributed by atoms with Gasteiger partial charge in [-0.05, 0) is 69.8 Å². The van der Waals surface area contributed by atoms with E-state index < -0.39 is 6.10 Å². The van der Waals surface area contributed by atoms with Gasteiger partial charge in [0.15, 0.2) is 5.96 Å². The molecule has 0 bridgehead atoms. The average molecular weight is 516 g/mol. The molecule has 1 fully saturated rings. The number of hydrogen-bond donors (Lipinski definition) is 3. The number of thiophene rings is 1. The fraction of sp³-hybridized carbons (Fsp3) is 0.571. The average Bonchev–Trinajstić information content (AvgIpc) is 3.34. The summed E-state index contributed by atoms with van der Waals surface area (Å²) in [6, 6.07) is 10.3. The lowest BCUT2D eigenvalue weighted by molar-refractivity contribution is 0.191. The van der Waals surface area contributed by atoms with E-state index in [9.17, 15) is 5.11 Å². The number of nitrogens with zero attached hydrogens (tertiary/aromatic N) is 2. The van der Waals surface area contributed by atoms with Crippen molar-refractivity contribution in [3.63, 3.8) is 0 Å². The number of halogens is 1. The third-order valence-electron chi connectivity index (χ3n) is 4.93. The first-order valence-electron chi connectivity index (χ1n) is 10.2. The fourth-order valence-electron chi connectivity index (χ4n) is 3.45. The van der Waals surface area contributed by atoms with Crippen molar-refractivity contribution in [2.45, 2.75) is 38.7 Å². The van der Waals surface area contributed by atoms with Gasteiger partial charge in [-0.25, -0.2) is 0 Å². The van der Waals surface area contributed by atoms with E-state index in [4.69, 9.17) is 0 Å². The summed E-state index contributed by atoms with van der Waals surface area (Å²) in [5, 5.41) is 18.4. The molecular weight excluding hydrogens is 483 g/mol. The van der Waals surface area contributed by atoms with E-state index in [1.165, 1.54) is 49.0 Å². The predicted molar refractivity (Wildman–Crippen MR) is 131 cm³/mol. The van der Waals surface area contributed by atoms with Gasteiger partial charge in [-0.15, -0.1) is 35.3 Å². The van der Waals surface area contributed by atoms with Crippen LogP contribution in [0.3, 0.4) is 0 Å². The Morgan fingerprint density at radius 2 is 2.00 bits per heavy atom. The van der Waals surface area contributed by atoms with Gasteiger partial charge in [0.1, 0.15) is 6.10 Å². The number of aliphatic imine (C=N–C) groups is 1. The van der Waals surface area contributed by atoms with Gasteiger partial charge < -0.3 is 20.6 Å². The quantitative estimate of drug-likeness (QED) is 0.204. The maximum absolute atomic E-state index is 10.5. The van der Waals surface area contributed by atoms with Gasteiger partial charge in [-0.1, -0.05) is 18.2 Å². The Morgan fingerprint density at radius 3 is 2.75 bits per heavy atom. The van der Waals surface area contributed by atoms with Crippen LogP contribution in [-0.4, -0.2) is 55.2 Å². The smallest absolute Gasteiger partial charge is 0.191 e. The number of hydrogen-bond acceptors (Lipinski definition) is 4. The molecule has 2 aromatic rings. The van der Waals surface area contributed by atoms with E-state index in [1.54, 1.807) is 11.3 Å². The number of likely N-dealkylation sites (tertiary alicyclic amines) is 1. The van der Waals surface area contributed by atoms with Gasteiger partial charge in [0.2, 0.25) is 0 Å². The van der Waals surface area contributed by atoms with E-state index in [1.807, 2.05) is 12.1 Å². The Balaban J connectivity index is 0.00000280. The lowest BCUT2D eigenvalue weighted by Crippen LogP contribution is -2.38. The number of benzene rings is 1. The molecule has 1 saturated heterocycles. The predicted octanol–water partition coefficient (Wildman–Crippen LogP) is 3.98. The van der Waals surface area contributed by atoms with Crippen LogP contribution in [0.4, 0.5) is 0 Å². The third kappa shape index (κ3) is 7.17. The molecule has 28 heavy (non-hydrogen) atoms. The van der Waals surface area contributed by atoms with Crippen LogP contribution in [0, 0.1) is 0 Å². The van der Waals surface area contributed by atoms with Crippen LogP contribution >= 0.6 is 35.3 Å². The van der Waals surface area contributed by atoms with E-state index >= 15 is 0 Å². The van der Waals surface area contributed by atoms with Crippen LogP contribution in [0.5, 0.6) is 0 Å². The van der Waals surface area contributed by atoms with Crippen molar-refractivity contribution in [1.82, 2.24) is 15.5 Å². The molecule has 1 aromatic heterocycles. The summed E-state index contributed by atoms with van der Waals surface area (Å²) in [4.78, 5) is 8.11. The number of nitrogens with one attached hydrogen (secondary N) is 2. The fourth-order valence-corrected chi connectivity index (χ4v) is 4.49. The van der Waals surface area contributed by atoms with Gasteiger partial charge in [-0.2, -0.15) is 0 Å². The molecule has 1 aliphatic rings. The number of aliphatic hydroxyl groups is 1. The van der Waals surface area contributed by atoms with E-state index in [0.717, 1.165) is 30.3 Å². The number of fused-ring (bicyclic) bond motifs is 1. The molecule has 5 nitrogen and oxygen atoms in total. The lowest BCUT2D eigenvalue weighted by Gasteiger charge is -2.15. The molecule has 3 rings (SSSR count). The number of rotatable bonds is 9. The van der Waals surface area contributed by atoms with Crippen molar-refractivity contribution in [2.75, 3.05) is 39.3 Å². The van der Waals surface area contributed by atoms with Crippen LogP contribution in [0.25, 0.3) is 10.1 Å². The zero-order chi connectivity index (χ0) is 18.9. The van der Waals surface area contributed by atoms with E-state index in [-0.39, 0.29) is 24.0 Å². The van der Waals surface area contributed by atoms with Crippen molar-refractivity contribution in [2.24, 2.45) is 4.99 Å². The molecule has 7 heteroatoms. The molecule has 0 amide bonds. The first kappa shape index (κ1) is 23.4. The van der Waals surface area contributed by atoms with Gasteiger partial charge in [0.25, 0.3) is 0 Å². The van der Waals surface area contributed by atoms with Crippen LogP contribution < -0.4 is 10.6 Å². The zero-order valence-corrected chi connectivity index (χ0v) is 19.8. The summed E-state index contributed by atoms with van der Waals surface area (Å²) in [5.74, 6) is 0.791. The molecule has 1 aromatic carbocycles. The second-order valence-corrected chi connectivity index (χ2v) is 8.22.